The van der Waals surface area contributed by atoms with Crippen LogP contribution in [0.25, 0.3) is 0 Å². The molecule has 1 heterocycles. The zero-order valence-corrected chi connectivity index (χ0v) is 14.4. The van der Waals surface area contributed by atoms with Crippen molar-refractivity contribution in [2.75, 3.05) is 16.8 Å². The monoisotopic (exact) mass is 356 g/mol. The van der Waals surface area contributed by atoms with Crippen LogP contribution in [-0.4, -0.2) is 24.1 Å². The predicted molar refractivity (Wildman–Crippen MR) is 97.0 cm³/mol. The Balaban J connectivity index is 1.66. The Hall–Kier alpha value is -2.66. The summed E-state index contributed by atoms with van der Waals surface area (Å²) in [4.78, 5) is 37.5. The standard InChI is InChI=1S/C19H17ClN2O3/c1-12(23)13-2-6-16(7-3-13)21-19(25)14-10-18(24)22(11-14)17-8-4-15(20)5-9-17/h2-9,14H,10-11H2,1H3,(H,21,25)/t14-/m0/s1. The zero-order chi connectivity index (χ0) is 18.0. The van der Waals surface area contributed by atoms with E-state index in [4.69, 9.17) is 11.6 Å². The van der Waals surface area contributed by atoms with Crippen molar-refractivity contribution in [3.63, 3.8) is 0 Å². The van der Waals surface area contributed by atoms with Crippen LogP contribution < -0.4 is 10.2 Å². The first kappa shape index (κ1) is 17.2. The van der Waals surface area contributed by atoms with E-state index in [1.807, 2.05) is 0 Å². The van der Waals surface area contributed by atoms with Crippen LogP contribution in [0.5, 0.6) is 0 Å². The molecule has 0 saturated carbocycles. The Bertz CT molecular complexity index is 816. The largest absolute Gasteiger partial charge is 0.326 e. The first-order chi connectivity index (χ1) is 11.9. The third kappa shape index (κ3) is 3.88. The lowest BCUT2D eigenvalue weighted by atomic mass is 10.1. The van der Waals surface area contributed by atoms with Gasteiger partial charge in [-0.15, -0.1) is 0 Å². The fraction of sp³-hybridized carbons (Fsp3) is 0.211. The minimum absolute atomic E-state index is 0.0297. The van der Waals surface area contributed by atoms with Crippen LogP contribution in [-0.2, 0) is 9.59 Å². The minimum atomic E-state index is -0.421. The molecule has 2 aromatic rings. The molecule has 2 amide bonds. The second-order valence-corrected chi connectivity index (χ2v) is 6.44. The molecule has 1 aliphatic heterocycles. The van der Waals surface area contributed by atoms with E-state index in [1.54, 1.807) is 53.4 Å². The van der Waals surface area contributed by atoms with E-state index in [1.165, 1.54) is 6.92 Å². The number of ketones is 1. The average Bonchev–Trinajstić information content (AvgIpc) is 2.98. The van der Waals surface area contributed by atoms with Crippen LogP contribution in [0.2, 0.25) is 5.02 Å². The first-order valence-corrected chi connectivity index (χ1v) is 8.29. The molecule has 1 atom stereocenters. The molecule has 6 heteroatoms. The summed E-state index contributed by atoms with van der Waals surface area (Å²) < 4.78 is 0. The molecule has 5 nitrogen and oxygen atoms in total. The molecular weight excluding hydrogens is 340 g/mol. The van der Waals surface area contributed by atoms with E-state index in [0.29, 0.717) is 22.8 Å². The molecule has 25 heavy (non-hydrogen) atoms. The molecule has 0 spiro atoms. The van der Waals surface area contributed by atoms with Gasteiger partial charge in [0.05, 0.1) is 5.92 Å². The molecule has 1 fully saturated rings. The number of nitrogens with zero attached hydrogens (tertiary/aromatic N) is 1. The third-order valence-corrected chi connectivity index (χ3v) is 4.45. The minimum Gasteiger partial charge on any atom is -0.326 e. The highest BCUT2D eigenvalue weighted by Crippen LogP contribution is 2.27. The lowest BCUT2D eigenvalue weighted by molar-refractivity contribution is -0.122. The number of Topliss-reactive ketones (excluding diaryl/α,β-unsaturated/α-hetero) is 1. The maximum atomic E-state index is 12.4. The van der Waals surface area contributed by atoms with Crippen LogP contribution in [0, 0.1) is 5.92 Å². The topological polar surface area (TPSA) is 66.5 Å². The van der Waals surface area contributed by atoms with Gasteiger partial charge in [0.1, 0.15) is 0 Å². The molecule has 0 unspecified atom stereocenters. The highest BCUT2D eigenvalue weighted by atomic mass is 35.5. The van der Waals surface area contributed by atoms with Crippen LogP contribution in [0.15, 0.2) is 48.5 Å². The van der Waals surface area contributed by atoms with Crippen LogP contribution >= 0.6 is 11.6 Å². The summed E-state index contributed by atoms with van der Waals surface area (Å²) in [6.45, 7) is 1.82. The Kier molecular flexibility index (Phi) is 4.86. The normalized spacial score (nSPS) is 16.8. The Labute approximate surface area is 150 Å². The Morgan fingerprint density at radius 1 is 1.08 bits per heavy atom. The van der Waals surface area contributed by atoms with E-state index in [0.717, 1.165) is 5.69 Å². The Morgan fingerprint density at radius 2 is 1.72 bits per heavy atom. The van der Waals surface area contributed by atoms with Gasteiger partial charge in [0.2, 0.25) is 11.8 Å². The van der Waals surface area contributed by atoms with Crippen molar-refractivity contribution in [3.8, 4) is 0 Å². The summed E-state index contributed by atoms with van der Waals surface area (Å²) >= 11 is 5.87. The summed E-state index contributed by atoms with van der Waals surface area (Å²) in [6.07, 6.45) is 0.167. The Morgan fingerprint density at radius 3 is 2.32 bits per heavy atom. The van der Waals surface area contributed by atoms with Crippen molar-refractivity contribution in [2.45, 2.75) is 13.3 Å². The van der Waals surface area contributed by atoms with Gasteiger partial charge < -0.3 is 10.2 Å². The van der Waals surface area contributed by atoms with E-state index >= 15 is 0 Å². The van der Waals surface area contributed by atoms with Crippen molar-refractivity contribution < 1.29 is 14.4 Å². The van der Waals surface area contributed by atoms with Gasteiger partial charge in [-0.1, -0.05) is 11.6 Å². The van der Waals surface area contributed by atoms with Gasteiger partial charge in [-0.25, -0.2) is 0 Å². The SMILES string of the molecule is CC(=O)c1ccc(NC(=O)[C@H]2CC(=O)N(c3ccc(Cl)cc3)C2)cc1. The quantitative estimate of drug-likeness (QED) is 0.852. The third-order valence-electron chi connectivity index (χ3n) is 4.19. The summed E-state index contributed by atoms with van der Waals surface area (Å²) in [6, 6.07) is 13.7. The highest BCUT2D eigenvalue weighted by molar-refractivity contribution is 6.30. The fourth-order valence-electron chi connectivity index (χ4n) is 2.79. The summed E-state index contributed by atoms with van der Waals surface area (Å²) in [5.74, 6) is -0.747. The van der Waals surface area contributed by atoms with Crippen molar-refractivity contribution in [2.24, 2.45) is 5.92 Å². The number of hydrogen-bond acceptors (Lipinski definition) is 3. The summed E-state index contributed by atoms with van der Waals surface area (Å²) in [7, 11) is 0. The second-order valence-electron chi connectivity index (χ2n) is 6.00. The van der Waals surface area contributed by atoms with Gasteiger partial charge in [-0.2, -0.15) is 0 Å². The number of anilines is 2. The molecule has 0 bridgehead atoms. The van der Waals surface area contributed by atoms with Gasteiger partial charge in [-0.3, -0.25) is 14.4 Å². The van der Waals surface area contributed by atoms with E-state index < -0.39 is 5.92 Å². The summed E-state index contributed by atoms with van der Waals surface area (Å²) in [5, 5.41) is 3.40. The van der Waals surface area contributed by atoms with Crippen LogP contribution in [0.1, 0.15) is 23.7 Å². The lowest BCUT2D eigenvalue weighted by Gasteiger charge is -2.16. The molecule has 0 aliphatic carbocycles. The van der Waals surface area contributed by atoms with Crippen LogP contribution in [0.4, 0.5) is 11.4 Å². The second kappa shape index (κ2) is 7.07. The number of benzene rings is 2. The van der Waals surface area contributed by atoms with Crippen molar-refractivity contribution in [3.05, 3.63) is 59.1 Å². The van der Waals surface area contributed by atoms with Crippen molar-refractivity contribution >= 4 is 40.6 Å². The number of amides is 2. The number of hydrogen-bond donors (Lipinski definition) is 1. The molecule has 128 valence electrons. The zero-order valence-electron chi connectivity index (χ0n) is 13.7. The smallest absolute Gasteiger partial charge is 0.229 e. The van der Waals surface area contributed by atoms with Crippen molar-refractivity contribution in [1.29, 1.82) is 0 Å². The average molecular weight is 357 g/mol. The number of rotatable bonds is 4. The molecule has 1 aliphatic rings. The van der Waals surface area contributed by atoms with Gasteiger partial charge in [0.25, 0.3) is 0 Å². The number of carbonyl (C=O) groups is 3. The van der Waals surface area contributed by atoms with Gasteiger partial charge in [0.15, 0.2) is 5.78 Å². The van der Waals surface area contributed by atoms with E-state index in [9.17, 15) is 14.4 Å². The number of nitrogens with one attached hydrogen (secondary N) is 1. The molecule has 0 aromatic heterocycles. The number of carbonyl (C=O) groups excluding carboxylic acids is 3. The maximum Gasteiger partial charge on any atom is 0.229 e. The fourth-order valence-corrected chi connectivity index (χ4v) is 2.91. The van der Waals surface area contributed by atoms with Crippen LogP contribution in [0.3, 0.4) is 0 Å². The van der Waals surface area contributed by atoms with Gasteiger partial charge >= 0.3 is 0 Å². The van der Waals surface area contributed by atoms with E-state index in [2.05, 4.69) is 5.32 Å². The van der Waals surface area contributed by atoms with Gasteiger partial charge in [-0.05, 0) is 55.5 Å². The molecule has 3 rings (SSSR count). The van der Waals surface area contributed by atoms with Crippen molar-refractivity contribution in [1.82, 2.24) is 0 Å². The molecule has 1 N–H and O–H groups in total. The molecular formula is C19H17ClN2O3. The number of halogens is 1. The van der Waals surface area contributed by atoms with Gasteiger partial charge in [0, 0.05) is 34.9 Å². The first-order valence-electron chi connectivity index (χ1n) is 7.92. The summed E-state index contributed by atoms with van der Waals surface area (Å²) in [5.41, 5.74) is 1.92. The lowest BCUT2D eigenvalue weighted by Crippen LogP contribution is -2.28. The molecule has 0 radical (unpaired) electrons. The highest BCUT2D eigenvalue weighted by Gasteiger charge is 2.35. The maximum absolute atomic E-state index is 12.4. The molecule has 1 saturated heterocycles. The predicted octanol–water partition coefficient (Wildman–Crippen LogP) is 3.53. The molecule has 2 aromatic carbocycles. The van der Waals surface area contributed by atoms with E-state index in [-0.39, 0.29) is 24.0 Å².